The molecule has 21 nitrogen and oxygen atoms in total. The van der Waals surface area contributed by atoms with Gasteiger partial charge < -0.3 is 53.8 Å². The molecule has 4 unspecified atom stereocenters. The van der Waals surface area contributed by atoms with E-state index < -0.39 is 0 Å². The number of primary amides is 1. The number of carbonyl (C=O) groups is 1. The molecule has 2 fully saturated rings. The average Bonchev–Trinajstić information content (AvgIpc) is 4.30. The molecule has 3 aliphatic rings. The molecule has 21 heteroatoms. The first-order valence-electron chi connectivity index (χ1n) is 25.7. The Morgan fingerprint density at radius 1 is 0.824 bits per heavy atom. The average molecular weight is 1010 g/mol. The summed E-state index contributed by atoms with van der Waals surface area (Å²) in [6, 6.07) is 12.4. The Morgan fingerprint density at radius 3 is 2.41 bits per heavy atom. The first-order valence-corrected chi connectivity index (χ1v) is 25.7. The fourth-order valence-electron chi connectivity index (χ4n) is 10.5. The maximum atomic E-state index is 12.3. The molecule has 5 aromatic heterocycles. The van der Waals surface area contributed by atoms with Crippen molar-refractivity contribution in [1.29, 1.82) is 0 Å². The molecule has 2 aromatic carbocycles. The van der Waals surface area contributed by atoms with Crippen LogP contribution < -0.4 is 40.2 Å². The number of nitrogens with one attached hydrogen (secondary N) is 2. The van der Waals surface area contributed by atoms with E-state index in [-0.39, 0.29) is 30.0 Å². The number of imidazole rings is 3. The monoisotopic (exact) mass is 1010 g/mol. The summed E-state index contributed by atoms with van der Waals surface area (Å²) in [5, 5.41) is 11.6. The van der Waals surface area contributed by atoms with Crippen molar-refractivity contribution in [3.8, 4) is 34.9 Å². The zero-order valence-electron chi connectivity index (χ0n) is 43.5. The van der Waals surface area contributed by atoms with E-state index in [1.54, 1.807) is 50.2 Å². The lowest BCUT2D eigenvalue weighted by Crippen LogP contribution is -2.48. The van der Waals surface area contributed by atoms with Crippen LogP contribution in [-0.2, 0) is 31.9 Å². The van der Waals surface area contributed by atoms with Gasteiger partial charge in [-0.3, -0.25) is 14.3 Å². The number of nitrogens with two attached hydrogens (primary N) is 1. The SMILES string of the molecule is COc1ccc(CNCCN2CCCCC(C(N)=O)CC2c2nc(-n3ccnc3)n(C)c2C)cc1OC.Cc1c(N2C(CNCCc3ccc4c(c3)OCCO4)CCCC2c2ncco2)nc(-n2cncn2)n1C. The summed E-state index contributed by atoms with van der Waals surface area (Å²) in [5.74, 6) is 5.93. The number of nitrogens with zero attached hydrogens (tertiary/aromatic N) is 12. The molecule has 2 saturated heterocycles. The number of aromatic nitrogens is 10. The van der Waals surface area contributed by atoms with Crippen molar-refractivity contribution in [2.75, 3.05) is 65.1 Å². The van der Waals surface area contributed by atoms with E-state index >= 15 is 0 Å². The lowest BCUT2D eigenvalue weighted by atomic mass is 9.89. The minimum Gasteiger partial charge on any atom is -0.493 e. The van der Waals surface area contributed by atoms with Crippen molar-refractivity contribution < 1.29 is 28.2 Å². The van der Waals surface area contributed by atoms with Gasteiger partial charge in [0, 0.05) is 70.3 Å². The molecule has 0 aliphatic carbocycles. The molecule has 394 valence electrons. The van der Waals surface area contributed by atoms with Crippen molar-refractivity contribution >= 4 is 11.7 Å². The fourth-order valence-corrected chi connectivity index (χ4v) is 10.5. The molecule has 3 aliphatic heterocycles. The zero-order chi connectivity index (χ0) is 51.6. The van der Waals surface area contributed by atoms with E-state index in [9.17, 15) is 4.79 Å². The first kappa shape index (κ1) is 51.7. The minimum atomic E-state index is -0.221. The van der Waals surface area contributed by atoms with Crippen LogP contribution in [0.15, 0.2) is 84.7 Å². The van der Waals surface area contributed by atoms with E-state index in [0.29, 0.717) is 19.6 Å². The van der Waals surface area contributed by atoms with Gasteiger partial charge in [0.15, 0.2) is 28.8 Å². The number of benzene rings is 2. The molecule has 1 amide bonds. The van der Waals surface area contributed by atoms with Crippen LogP contribution >= 0.6 is 0 Å². The van der Waals surface area contributed by atoms with Crippen LogP contribution in [0, 0.1) is 19.8 Å². The highest BCUT2D eigenvalue weighted by atomic mass is 16.6. The molecule has 0 spiro atoms. The summed E-state index contributed by atoms with van der Waals surface area (Å²) < 4.78 is 35.7. The smallest absolute Gasteiger partial charge is 0.234 e. The van der Waals surface area contributed by atoms with Crippen LogP contribution in [0.2, 0.25) is 0 Å². The topological polar surface area (TPSA) is 221 Å². The summed E-state index contributed by atoms with van der Waals surface area (Å²) in [4.78, 5) is 40.0. The van der Waals surface area contributed by atoms with E-state index in [1.165, 1.54) is 11.9 Å². The van der Waals surface area contributed by atoms with Crippen LogP contribution in [0.1, 0.15) is 91.1 Å². The van der Waals surface area contributed by atoms with Gasteiger partial charge >= 0.3 is 0 Å². The van der Waals surface area contributed by atoms with Crippen molar-refractivity contribution in [3.63, 3.8) is 0 Å². The predicted octanol–water partition coefficient (Wildman–Crippen LogP) is 5.74. The number of fused-ring (bicyclic) bond motifs is 1. The zero-order valence-corrected chi connectivity index (χ0v) is 43.5. The van der Waals surface area contributed by atoms with Gasteiger partial charge in [-0.15, -0.1) is 0 Å². The molecule has 0 radical (unpaired) electrons. The Hall–Kier alpha value is -7.23. The summed E-state index contributed by atoms with van der Waals surface area (Å²) in [5.41, 5.74) is 11.3. The summed E-state index contributed by atoms with van der Waals surface area (Å²) in [6.45, 7) is 10.4. The third-order valence-electron chi connectivity index (χ3n) is 14.7. The number of rotatable bonds is 18. The van der Waals surface area contributed by atoms with Crippen LogP contribution in [-0.4, -0.2) is 125 Å². The van der Waals surface area contributed by atoms with Crippen molar-refractivity contribution in [1.82, 2.24) is 63.9 Å². The number of anilines is 1. The summed E-state index contributed by atoms with van der Waals surface area (Å²) in [6.07, 6.45) is 19.5. The Morgan fingerprint density at radius 2 is 1.65 bits per heavy atom. The van der Waals surface area contributed by atoms with Gasteiger partial charge in [-0.1, -0.05) is 18.6 Å². The van der Waals surface area contributed by atoms with Gasteiger partial charge in [0.1, 0.15) is 44.5 Å². The molecule has 74 heavy (non-hydrogen) atoms. The number of carbonyl (C=O) groups excluding carboxylic acids is 1. The predicted molar refractivity (Wildman–Crippen MR) is 278 cm³/mol. The van der Waals surface area contributed by atoms with Gasteiger partial charge in [-0.25, -0.2) is 19.9 Å². The molecule has 7 aromatic rings. The molecule has 4 N–H and O–H groups in total. The number of likely N-dealkylation sites (tertiary alicyclic amines) is 1. The van der Waals surface area contributed by atoms with Crippen molar-refractivity contribution in [2.24, 2.45) is 25.7 Å². The van der Waals surface area contributed by atoms with Crippen LogP contribution in [0.25, 0.3) is 11.9 Å². The van der Waals surface area contributed by atoms with Crippen LogP contribution in [0.4, 0.5) is 5.82 Å². The molecule has 0 saturated carbocycles. The lowest BCUT2D eigenvalue weighted by Gasteiger charge is -2.41. The second-order valence-electron chi connectivity index (χ2n) is 19.2. The molecular weight excluding hydrogens is 943 g/mol. The normalized spacial score (nSPS) is 19.1. The number of amides is 1. The van der Waals surface area contributed by atoms with Crippen LogP contribution in [0.5, 0.6) is 23.0 Å². The van der Waals surface area contributed by atoms with E-state index in [2.05, 4.69) is 75.6 Å². The third kappa shape index (κ3) is 11.7. The van der Waals surface area contributed by atoms with E-state index in [4.69, 9.17) is 39.1 Å². The van der Waals surface area contributed by atoms with Gasteiger partial charge in [-0.05, 0) is 107 Å². The molecule has 4 atom stereocenters. The minimum absolute atomic E-state index is 0.00384. The number of piperidine rings is 1. The number of hydrogen-bond acceptors (Lipinski definition) is 16. The van der Waals surface area contributed by atoms with Crippen molar-refractivity contribution in [2.45, 2.75) is 89.9 Å². The molecular formula is C53H71N15O6. The standard InChI is InChI=1S/C27H39N7O3.C26H32N8O3/c1-19-25(31-27(32(19)2)34-14-11-30-18-34)22-16-21(26(28)35)7-5-6-12-33(22)13-10-29-17-20-8-9-23(36-3)24(15-20)37-4;1-18-24(31-26(32(18)2)33-17-28-16-30-33)34-20(4-3-5-21(34)25-29-10-11-37-25)15-27-9-8-19-6-7-22-23(14-19)36-13-12-35-22/h8-9,11,14-15,18,21-22,29H,5-7,10,12-13,16-17H2,1-4H3,(H2,28,35);6-7,10-11,14,16-17,20-21,27H,3-5,8-9,12-13,15H2,1-2H3. The Labute approximate surface area is 432 Å². The molecule has 10 rings (SSSR count). The lowest BCUT2D eigenvalue weighted by molar-refractivity contribution is -0.123. The maximum Gasteiger partial charge on any atom is 0.234 e. The quantitative estimate of drug-likeness (QED) is 0.0873. The highest BCUT2D eigenvalue weighted by molar-refractivity contribution is 5.76. The van der Waals surface area contributed by atoms with Crippen LogP contribution in [0.3, 0.4) is 0 Å². The van der Waals surface area contributed by atoms with E-state index in [0.717, 1.165) is 153 Å². The van der Waals surface area contributed by atoms with Crippen molar-refractivity contribution in [3.05, 3.63) is 114 Å². The maximum absolute atomic E-state index is 12.3. The number of ether oxygens (including phenoxy) is 4. The Bertz CT molecular complexity index is 2880. The number of oxazole rings is 1. The van der Waals surface area contributed by atoms with Gasteiger partial charge in [-0.2, -0.15) is 14.8 Å². The molecule has 8 heterocycles. The highest BCUT2D eigenvalue weighted by Gasteiger charge is 2.37. The fraction of sp³-hybridized carbons (Fsp3) is 0.491. The summed E-state index contributed by atoms with van der Waals surface area (Å²) in [7, 11) is 7.31. The largest absolute Gasteiger partial charge is 0.493 e. The van der Waals surface area contributed by atoms with E-state index in [1.807, 2.05) is 49.1 Å². The number of methoxy groups -OCH3 is 2. The van der Waals surface area contributed by atoms with Gasteiger partial charge in [0.05, 0.1) is 37.8 Å². The molecule has 0 bridgehead atoms. The number of hydrogen-bond donors (Lipinski definition) is 3. The first-order chi connectivity index (χ1) is 36.1. The Balaban J connectivity index is 0.000000182. The van der Waals surface area contributed by atoms with Gasteiger partial charge in [0.2, 0.25) is 23.7 Å². The second kappa shape index (κ2) is 24.2. The van der Waals surface area contributed by atoms with Gasteiger partial charge in [0.25, 0.3) is 0 Å². The third-order valence-corrected chi connectivity index (χ3v) is 14.7. The Kier molecular flexibility index (Phi) is 16.9. The highest BCUT2D eigenvalue weighted by Crippen LogP contribution is 2.40. The summed E-state index contributed by atoms with van der Waals surface area (Å²) >= 11 is 0. The second-order valence-corrected chi connectivity index (χ2v) is 19.2.